The van der Waals surface area contributed by atoms with E-state index in [1.807, 2.05) is 30.5 Å². The lowest BCUT2D eigenvalue weighted by molar-refractivity contribution is -0.125. The minimum absolute atomic E-state index is 0.0214. The molecule has 3 heterocycles. The molecule has 1 aliphatic heterocycles. The van der Waals surface area contributed by atoms with Crippen LogP contribution in [-0.2, 0) is 11.3 Å². The summed E-state index contributed by atoms with van der Waals surface area (Å²) in [6.45, 7) is 4.72. The second kappa shape index (κ2) is 9.02. The van der Waals surface area contributed by atoms with Gasteiger partial charge in [-0.15, -0.1) is 11.3 Å². The summed E-state index contributed by atoms with van der Waals surface area (Å²) in [6, 6.07) is 14.1. The van der Waals surface area contributed by atoms with Crippen molar-refractivity contribution in [2.75, 3.05) is 13.1 Å². The van der Waals surface area contributed by atoms with Gasteiger partial charge in [-0.3, -0.25) is 19.4 Å². The van der Waals surface area contributed by atoms with Crippen LogP contribution >= 0.6 is 23.6 Å². The smallest absolute Gasteiger partial charge is 0.243 e. The second-order valence-corrected chi connectivity index (χ2v) is 8.78. The normalized spacial score (nSPS) is 18.4. The Morgan fingerprint density at radius 2 is 2.17 bits per heavy atom. The van der Waals surface area contributed by atoms with E-state index >= 15 is 0 Å². The van der Waals surface area contributed by atoms with Crippen LogP contribution in [0.15, 0.2) is 47.8 Å². The van der Waals surface area contributed by atoms with Crippen LogP contribution in [0.4, 0.5) is 0 Å². The predicted octanol–water partition coefficient (Wildman–Crippen LogP) is 4.01. The van der Waals surface area contributed by atoms with E-state index in [4.69, 9.17) is 12.2 Å². The molecule has 1 aliphatic rings. The molecule has 1 saturated heterocycles. The van der Waals surface area contributed by atoms with Gasteiger partial charge in [0.2, 0.25) is 5.91 Å². The summed E-state index contributed by atoms with van der Waals surface area (Å²) >= 11 is 6.98. The molecule has 152 valence electrons. The zero-order chi connectivity index (χ0) is 20.2. The van der Waals surface area contributed by atoms with Gasteiger partial charge in [-0.25, -0.2) is 0 Å². The molecule has 0 saturated carbocycles. The number of H-pyrrole nitrogens is 1. The number of piperidine rings is 1. The Kier molecular flexibility index (Phi) is 6.22. The van der Waals surface area contributed by atoms with E-state index in [1.165, 1.54) is 5.56 Å². The van der Waals surface area contributed by atoms with Crippen molar-refractivity contribution in [2.24, 2.45) is 0 Å². The topological polar surface area (TPSA) is 66.0 Å². The average Bonchev–Trinajstić information content (AvgIpc) is 3.38. The number of carbonyl (C=O) groups excluding carboxylic acids is 1. The lowest BCUT2D eigenvalue weighted by Gasteiger charge is -2.33. The number of nitrogens with zero attached hydrogens (tertiary/aromatic N) is 3. The van der Waals surface area contributed by atoms with Crippen molar-refractivity contribution >= 4 is 29.5 Å². The molecule has 29 heavy (non-hydrogen) atoms. The first-order chi connectivity index (χ1) is 14.1. The molecule has 0 bridgehead atoms. The van der Waals surface area contributed by atoms with Crippen LogP contribution in [0.3, 0.4) is 0 Å². The molecule has 0 spiro atoms. The van der Waals surface area contributed by atoms with Gasteiger partial charge in [0.25, 0.3) is 0 Å². The van der Waals surface area contributed by atoms with Gasteiger partial charge in [-0.1, -0.05) is 36.4 Å². The summed E-state index contributed by atoms with van der Waals surface area (Å²) < 4.78 is 2.27. The van der Waals surface area contributed by atoms with Crippen LogP contribution in [-0.4, -0.2) is 44.7 Å². The fourth-order valence-corrected chi connectivity index (χ4v) is 4.84. The highest BCUT2D eigenvalue weighted by molar-refractivity contribution is 7.71. The number of hydrogen-bond donors (Lipinski definition) is 2. The number of carbonyl (C=O) groups is 1. The quantitative estimate of drug-likeness (QED) is 0.584. The first-order valence-electron chi connectivity index (χ1n) is 9.89. The average molecular weight is 428 g/mol. The van der Waals surface area contributed by atoms with Crippen molar-refractivity contribution in [2.45, 2.75) is 38.4 Å². The molecule has 2 N–H and O–H groups in total. The Bertz CT molecular complexity index is 996. The monoisotopic (exact) mass is 427 g/mol. The molecule has 3 aromatic rings. The maximum atomic E-state index is 13.0. The Morgan fingerprint density at radius 3 is 2.93 bits per heavy atom. The maximum absolute atomic E-state index is 13.0. The predicted molar refractivity (Wildman–Crippen MR) is 118 cm³/mol. The fourth-order valence-electron chi connectivity index (χ4n) is 3.84. The minimum Gasteiger partial charge on any atom is -0.350 e. The van der Waals surface area contributed by atoms with Gasteiger partial charge in [0.1, 0.15) is 6.04 Å². The standard InChI is InChI=1S/C21H25N5OS2/c1-15(26-19(23-24-21(26)28)18-10-6-12-29-18)20(27)22-17-9-5-11-25(14-17)13-16-7-3-2-4-8-16/h2-4,6-8,10,12,15,17H,5,9,11,13-14H2,1H3,(H,22,27)(H,24,28). The number of rotatable bonds is 6. The van der Waals surface area contributed by atoms with E-state index in [2.05, 4.69) is 44.7 Å². The van der Waals surface area contributed by atoms with Gasteiger partial charge < -0.3 is 5.32 Å². The number of likely N-dealkylation sites (tertiary alicyclic amines) is 1. The lowest BCUT2D eigenvalue weighted by atomic mass is 10.0. The van der Waals surface area contributed by atoms with Crippen LogP contribution in [0, 0.1) is 4.77 Å². The summed E-state index contributed by atoms with van der Waals surface area (Å²) in [4.78, 5) is 16.4. The molecule has 0 aliphatic carbocycles. The third-order valence-corrected chi connectivity index (χ3v) is 6.47. The number of thiophene rings is 1. The lowest BCUT2D eigenvalue weighted by Crippen LogP contribution is -2.48. The van der Waals surface area contributed by atoms with Crippen LogP contribution < -0.4 is 5.32 Å². The van der Waals surface area contributed by atoms with E-state index < -0.39 is 6.04 Å². The first kappa shape index (κ1) is 20.0. The molecule has 0 radical (unpaired) electrons. The zero-order valence-electron chi connectivity index (χ0n) is 16.4. The third kappa shape index (κ3) is 4.66. The molecular formula is C21H25N5OS2. The summed E-state index contributed by atoms with van der Waals surface area (Å²) in [5.74, 6) is 0.689. The Balaban J connectivity index is 1.42. The zero-order valence-corrected chi connectivity index (χ0v) is 18.0. The molecule has 2 aromatic heterocycles. The Labute approximate surface area is 179 Å². The number of benzene rings is 1. The van der Waals surface area contributed by atoms with Gasteiger partial charge in [-0.05, 0) is 55.5 Å². The van der Waals surface area contributed by atoms with Crippen molar-refractivity contribution in [3.63, 3.8) is 0 Å². The van der Waals surface area contributed by atoms with Gasteiger partial charge in [-0.2, -0.15) is 5.10 Å². The number of aromatic nitrogens is 3. The van der Waals surface area contributed by atoms with Crippen molar-refractivity contribution in [1.82, 2.24) is 25.0 Å². The molecule has 6 nitrogen and oxygen atoms in total. The first-order valence-corrected chi connectivity index (χ1v) is 11.2. The van der Waals surface area contributed by atoms with E-state index in [1.54, 1.807) is 15.9 Å². The summed E-state index contributed by atoms with van der Waals surface area (Å²) in [5, 5.41) is 12.4. The highest BCUT2D eigenvalue weighted by atomic mass is 32.1. The van der Waals surface area contributed by atoms with E-state index in [-0.39, 0.29) is 11.9 Å². The number of amides is 1. The molecule has 1 aromatic carbocycles. The molecular weight excluding hydrogens is 402 g/mol. The Morgan fingerprint density at radius 1 is 1.34 bits per heavy atom. The summed E-state index contributed by atoms with van der Waals surface area (Å²) in [5.41, 5.74) is 1.30. The molecule has 2 atom stereocenters. The maximum Gasteiger partial charge on any atom is 0.243 e. The second-order valence-electron chi connectivity index (χ2n) is 7.44. The molecule has 1 fully saturated rings. The third-order valence-electron chi connectivity index (χ3n) is 5.31. The fraction of sp³-hybridized carbons (Fsp3) is 0.381. The summed E-state index contributed by atoms with van der Waals surface area (Å²) in [7, 11) is 0. The number of hydrogen-bond acceptors (Lipinski definition) is 5. The largest absolute Gasteiger partial charge is 0.350 e. The molecule has 4 rings (SSSR count). The number of nitrogens with one attached hydrogen (secondary N) is 2. The van der Waals surface area contributed by atoms with E-state index in [0.29, 0.717) is 10.6 Å². The SMILES string of the molecule is CC(C(=O)NC1CCCN(Cc2ccccc2)C1)n1c(-c2cccs2)n[nH]c1=S. The van der Waals surface area contributed by atoms with Crippen molar-refractivity contribution in [3.05, 3.63) is 58.2 Å². The summed E-state index contributed by atoms with van der Waals surface area (Å²) in [6.07, 6.45) is 2.08. The molecule has 2 unspecified atom stereocenters. The van der Waals surface area contributed by atoms with Crippen molar-refractivity contribution in [3.8, 4) is 10.7 Å². The van der Waals surface area contributed by atoms with Gasteiger partial charge in [0.05, 0.1) is 4.88 Å². The van der Waals surface area contributed by atoms with E-state index in [0.717, 1.165) is 37.4 Å². The van der Waals surface area contributed by atoms with Gasteiger partial charge in [0, 0.05) is 19.1 Å². The van der Waals surface area contributed by atoms with Gasteiger partial charge >= 0.3 is 0 Å². The molecule has 1 amide bonds. The van der Waals surface area contributed by atoms with Crippen molar-refractivity contribution < 1.29 is 4.79 Å². The van der Waals surface area contributed by atoms with Crippen LogP contribution in [0.1, 0.15) is 31.4 Å². The highest BCUT2D eigenvalue weighted by Crippen LogP contribution is 2.25. The molecule has 8 heteroatoms. The van der Waals surface area contributed by atoms with Crippen molar-refractivity contribution in [1.29, 1.82) is 0 Å². The van der Waals surface area contributed by atoms with Crippen LogP contribution in [0.25, 0.3) is 10.7 Å². The minimum atomic E-state index is -0.428. The van der Waals surface area contributed by atoms with Crippen LogP contribution in [0.5, 0.6) is 0 Å². The van der Waals surface area contributed by atoms with Gasteiger partial charge in [0.15, 0.2) is 10.6 Å². The number of aromatic amines is 1. The van der Waals surface area contributed by atoms with E-state index in [9.17, 15) is 4.79 Å². The Hall–Kier alpha value is -2.29. The van der Waals surface area contributed by atoms with Crippen LogP contribution in [0.2, 0.25) is 0 Å². The highest BCUT2D eigenvalue weighted by Gasteiger charge is 2.26.